The van der Waals surface area contributed by atoms with Gasteiger partial charge in [0.05, 0.1) is 0 Å². The van der Waals surface area contributed by atoms with Crippen LogP contribution in [0.1, 0.15) is 71.4 Å². The maximum absolute atomic E-state index is 4.21. The van der Waals surface area contributed by atoms with E-state index in [1.54, 1.807) is 0 Å². The van der Waals surface area contributed by atoms with E-state index in [0.717, 1.165) is 5.92 Å². The van der Waals surface area contributed by atoms with Crippen molar-refractivity contribution in [2.24, 2.45) is 11.3 Å². The number of aromatic nitrogens is 1. The summed E-state index contributed by atoms with van der Waals surface area (Å²) in [5.74, 6) is 0.902. The van der Waals surface area contributed by atoms with Gasteiger partial charge in [-0.05, 0) is 55.6 Å². The first kappa shape index (κ1) is 15.5. The van der Waals surface area contributed by atoms with Crippen molar-refractivity contribution in [3.05, 3.63) is 30.1 Å². The highest BCUT2D eigenvalue weighted by Gasteiger charge is 2.32. The summed E-state index contributed by atoms with van der Waals surface area (Å²) in [4.78, 5) is 4.21. The molecule has 1 aromatic rings. The maximum atomic E-state index is 4.21. The molecule has 0 radical (unpaired) electrons. The van der Waals surface area contributed by atoms with Gasteiger partial charge in [-0.2, -0.15) is 0 Å². The molecule has 1 aromatic heterocycles. The Labute approximate surface area is 124 Å². The Hall–Kier alpha value is -0.890. The Bertz CT molecular complexity index is 391. The predicted molar refractivity (Wildman–Crippen MR) is 85.6 cm³/mol. The van der Waals surface area contributed by atoms with Crippen LogP contribution >= 0.6 is 0 Å². The normalized spacial score (nSPS) is 25.4. The fourth-order valence-electron chi connectivity index (χ4n) is 3.41. The molecule has 1 saturated carbocycles. The molecule has 0 unspecified atom stereocenters. The summed E-state index contributed by atoms with van der Waals surface area (Å²) in [5, 5.41) is 3.79. The summed E-state index contributed by atoms with van der Waals surface area (Å²) in [6, 6.07) is 5.27. The number of hydrogen-bond donors (Lipinski definition) is 1. The molecule has 1 N–H and O–H groups in total. The molecule has 1 aliphatic carbocycles. The summed E-state index contributed by atoms with van der Waals surface area (Å²) in [6.07, 6.45) is 10.5. The quantitative estimate of drug-likeness (QED) is 0.840. The second-order valence-electron chi connectivity index (χ2n) is 7.07. The fourth-order valence-corrected chi connectivity index (χ4v) is 3.41. The van der Waals surface area contributed by atoms with Crippen molar-refractivity contribution in [2.75, 3.05) is 0 Å². The van der Waals surface area contributed by atoms with Crippen LogP contribution in [0.3, 0.4) is 0 Å². The van der Waals surface area contributed by atoms with E-state index in [1.165, 1.54) is 37.7 Å². The highest BCUT2D eigenvalue weighted by Crippen LogP contribution is 2.40. The van der Waals surface area contributed by atoms with Crippen LogP contribution in [0.25, 0.3) is 0 Å². The van der Waals surface area contributed by atoms with Gasteiger partial charge in [-0.1, -0.05) is 33.3 Å². The number of rotatable bonds is 5. The molecule has 1 fully saturated rings. The van der Waals surface area contributed by atoms with Gasteiger partial charge in [0.15, 0.2) is 0 Å². The SMILES string of the molecule is CCC(C)(C)C1CCC(N[C@H](C)c2cccnc2)CC1. The largest absolute Gasteiger partial charge is 0.307 e. The predicted octanol–water partition coefficient (Wildman–Crippen LogP) is 4.73. The number of nitrogens with zero attached hydrogens (tertiary/aromatic N) is 1. The van der Waals surface area contributed by atoms with Gasteiger partial charge in [0.25, 0.3) is 0 Å². The van der Waals surface area contributed by atoms with E-state index in [4.69, 9.17) is 0 Å². The highest BCUT2D eigenvalue weighted by atomic mass is 14.9. The molecule has 1 atom stereocenters. The summed E-state index contributed by atoms with van der Waals surface area (Å²) >= 11 is 0. The maximum Gasteiger partial charge on any atom is 0.0315 e. The zero-order valence-electron chi connectivity index (χ0n) is 13.5. The molecule has 0 saturated heterocycles. The van der Waals surface area contributed by atoms with E-state index < -0.39 is 0 Å². The smallest absolute Gasteiger partial charge is 0.0315 e. The Balaban J connectivity index is 1.83. The van der Waals surface area contributed by atoms with E-state index in [0.29, 0.717) is 17.5 Å². The third kappa shape index (κ3) is 3.82. The first-order valence-corrected chi connectivity index (χ1v) is 8.19. The molecule has 0 bridgehead atoms. The molecular formula is C18H30N2. The van der Waals surface area contributed by atoms with Gasteiger partial charge in [-0.15, -0.1) is 0 Å². The zero-order chi connectivity index (χ0) is 14.6. The minimum Gasteiger partial charge on any atom is -0.307 e. The molecule has 1 aliphatic rings. The van der Waals surface area contributed by atoms with Crippen molar-refractivity contribution in [1.82, 2.24) is 10.3 Å². The molecule has 0 amide bonds. The molecule has 2 rings (SSSR count). The summed E-state index contributed by atoms with van der Waals surface area (Å²) in [7, 11) is 0. The number of hydrogen-bond acceptors (Lipinski definition) is 2. The van der Waals surface area contributed by atoms with Crippen LogP contribution in [0, 0.1) is 11.3 Å². The summed E-state index contributed by atoms with van der Waals surface area (Å²) < 4.78 is 0. The first-order valence-electron chi connectivity index (χ1n) is 8.19. The lowest BCUT2D eigenvalue weighted by atomic mass is 9.69. The molecule has 1 heterocycles. The van der Waals surface area contributed by atoms with Crippen LogP contribution < -0.4 is 5.32 Å². The molecular weight excluding hydrogens is 244 g/mol. The molecule has 112 valence electrons. The van der Waals surface area contributed by atoms with Crippen LogP contribution in [0.5, 0.6) is 0 Å². The Kier molecular flexibility index (Phi) is 5.20. The van der Waals surface area contributed by atoms with Crippen molar-refractivity contribution in [3.63, 3.8) is 0 Å². The lowest BCUT2D eigenvalue weighted by Crippen LogP contribution is -2.38. The van der Waals surface area contributed by atoms with Gasteiger partial charge in [0.1, 0.15) is 0 Å². The molecule has 2 nitrogen and oxygen atoms in total. The van der Waals surface area contributed by atoms with Crippen LogP contribution in [0.15, 0.2) is 24.5 Å². The minimum atomic E-state index is 0.407. The third-order valence-electron chi connectivity index (χ3n) is 5.41. The van der Waals surface area contributed by atoms with Crippen LogP contribution in [0.2, 0.25) is 0 Å². The van der Waals surface area contributed by atoms with Gasteiger partial charge in [-0.25, -0.2) is 0 Å². The van der Waals surface area contributed by atoms with Crippen LogP contribution in [-0.4, -0.2) is 11.0 Å². The Morgan fingerprint density at radius 3 is 2.55 bits per heavy atom. The third-order valence-corrected chi connectivity index (χ3v) is 5.41. The van der Waals surface area contributed by atoms with E-state index >= 15 is 0 Å². The standard InChI is InChI=1S/C18H30N2/c1-5-18(3,4)16-8-10-17(11-9-16)20-14(2)15-7-6-12-19-13-15/h6-7,12-14,16-17,20H,5,8-11H2,1-4H3/t14-,16?,17?/m1/s1. The number of pyridine rings is 1. The van der Waals surface area contributed by atoms with E-state index in [2.05, 4.69) is 44.1 Å². The molecule has 0 aromatic carbocycles. The van der Waals surface area contributed by atoms with Gasteiger partial charge in [0.2, 0.25) is 0 Å². The number of nitrogens with one attached hydrogen (secondary N) is 1. The Morgan fingerprint density at radius 1 is 1.30 bits per heavy atom. The van der Waals surface area contributed by atoms with Gasteiger partial charge in [-0.3, -0.25) is 4.98 Å². The van der Waals surface area contributed by atoms with Crippen LogP contribution in [-0.2, 0) is 0 Å². The Morgan fingerprint density at radius 2 is 2.00 bits per heavy atom. The van der Waals surface area contributed by atoms with E-state index in [1.807, 2.05) is 18.5 Å². The van der Waals surface area contributed by atoms with Crippen LogP contribution in [0.4, 0.5) is 0 Å². The van der Waals surface area contributed by atoms with Crippen molar-refractivity contribution in [3.8, 4) is 0 Å². The van der Waals surface area contributed by atoms with Gasteiger partial charge in [0, 0.05) is 24.5 Å². The second-order valence-corrected chi connectivity index (χ2v) is 7.07. The van der Waals surface area contributed by atoms with Crippen molar-refractivity contribution >= 4 is 0 Å². The topological polar surface area (TPSA) is 24.9 Å². The van der Waals surface area contributed by atoms with Gasteiger partial charge < -0.3 is 5.32 Å². The molecule has 0 spiro atoms. The molecule has 2 heteroatoms. The minimum absolute atomic E-state index is 0.407. The van der Waals surface area contributed by atoms with Crippen molar-refractivity contribution in [1.29, 1.82) is 0 Å². The first-order chi connectivity index (χ1) is 9.53. The van der Waals surface area contributed by atoms with Crippen molar-refractivity contribution in [2.45, 2.75) is 71.9 Å². The lowest BCUT2D eigenvalue weighted by Gasteiger charge is -2.39. The highest BCUT2D eigenvalue weighted by molar-refractivity contribution is 5.13. The zero-order valence-corrected chi connectivity index (χ0v) is 13.5. The second kappa shape index (κ2) is 6.71. The molecule has 20 heavy (non-hydrogen) atoms. The van der Waals surface area contributed by atoms with Gasteiger partial charge >= 0.3 is 0 Å². The lowest BCUT2D eigenvalue weighted by molar-refractivity contribution is 0.134. The van der Waals surface area contributed by atoms with E-state index in [9.17, 15) is 0 Å². The average molecular weight is 274 g/mol. The summed E-state index contributed by atoms with van der Waals surface area (Å²) in [5.41, 5.74) is 1.81. The fraction of sp³-hybridized carbons (Fsp3) is 0.722. The monoisotopic (exact) mass is 274 g/mol. The van der Waals surface area contributed by atoms with E-state index in [-0.39, 0.29) is 0 Å². The summed E-state index contributed by atoms with van der Waals surface area (Å²) in [6.45, 7) is 9.45. The average Bonchev–Trinajstić information content (AvgIpc) is 2.48. The molecule has 0 aliphatic heterocycles. The van der Waals surface area contributed by atoms with Crippen molar-refractivity contribution < 1.29 is 0 Å².